The minimum Gasteiger partial charge on any atom is -0.457 e. The van der Waals surface area contributed by atoms with Crippen molar-refractivity contribution in [1.82, 2.24) is 5.32 Å². The first-order valence-corrected chi connectivity index (χ1v) is 11.3. The average molecular weight is 434 g/mol. The molecule has 174 valence electrons. The lowest BCUT2D eigenvalue weighted by atomic mass is 9.90. The number of carbonyl (C=O) groups excluding carboxylic acids is 2. The van der Waals surface area contributed by atoms with Crippen molar-refractivity contribution in [2.75, 3.05) is 6.79 Å². The molecule has 1 aromatic carbocycles. The highest BCUT2D eigenvalue weighted by Gasteiger charge is 2.32. The quantitative estimate of drug-likeness (QED) is 0.396. The number of amides is 1. The van der Waals surface area contributed by atoms with Gasteiger partial charge in [-0.3, -0.25) is 0 Å². The van der Waals surface area contributed by atoms with Crippen molar-refractivity contribution in [2.24, 2.45) is 11.8 Å². The summed E-state index contributed by atoms with van der Waals surface area (Å²) in [6, 6.07) is 5.42. The molecule has 1 aliphatic rings. The fourth-order valence-corrected chi connectivity index (χ4v) is 3.57. The first kappa shape index (κ1) is 25.0. The molecule has 0 saturated heterocycles. The van der Waals surface area contributed by atoms with Crippen LogP contribution in [-0.2, 0) is 14.3 Å². The van der Waals surface area contributed by atoms with Gasteiger partial charge in [-0.05, 0) is 68.4 Å². The third-order valence-corrected chi connectivity index (χ3v) is 5.51. The third kappa shape index (κ3) is 7.44. The summed E-state index contributed by atoms with van der Waals surface area (Å²) in [6.07, 6.45) is 1.84. The molecule has 6 heteroatoms. The van der Waals surface area contributed by atoms with Gasteiger partial charge in [-0.15, -0.1) is 0 Å². The van der Waals surface area contributed by atoms with Crippen LogP contribution in [0.1, 0.15) is 91.2 Å². The molecule has 1 N–H and O–H groups in total. The summed E-state index contributed by atoms with van der Waals surface area (Å²) in [5.74, 6) is 1.49. The second-order valence-electron chi connectivity index (χ2n) is 10.1. The van der Waals surface area contributed by atoms with E-state index in [2.05, 4.69) is 44.3 Å². The molecule has 1 amide bonds. The summed E-state index contributed by atoms with van der Waals surface area (Å²) in [5.41, 5.74) is 1.62. The van der Waals surface area contributed by atoms with E-state index in [-0.39, 0.29) is 18.6 Å². The Labute approximate surface area is 187 Å². The minimum absolute atomic E-state index is 0.159. The summed E-state index contributed by atoms with van der Waals surface area (Å²) < 4.78 is 16.7. The Kier molecular flexibility index (Phi) is 8.38. The Balaban J connectivity index is 2.05. The smallest absolute Gasteiger partial charge is 0.408 e. The molecule has 1 aliphatic carbocycles. The summed E-state index contributed by atoms with van der Waals surface area (Å²) in [5, 5.41) is 2.61. The first-order chi connectivity index (χ1) is 14.4. The highest BCUT2D eigenvalue weighted by molar-refractivity contribution is 5.81. The number of benzene rings is 1. The van der Waals surface area contributed by atoms with E-state index in [1.807, 2.05) is 13.8 Å². The SMILES string of the molecule is CC(C)c1cccc([C@H](C)C2CC2)c1OCOC(=O)[C@@H](NC(=O)OC(C)(C)C)C(C)C. The van der Waals surface area contributed by atoms with Crippen LogP contribution in [0.15, 0.2) is 18.2 Å². The Morgan fingerprint density at radius 2 is 1.68 bits per heavy atom. The van der Waals surface area contributed by atoms with Gasteiger partial charge in [0, 0.05) is 0 Å². The molecule has 2 atom stereocenters. The van der Waals surface area contributed by atoms with Gasteiger partial charge in [0.15, 0.2) is 0 Å². The Bertz CT molecular complexity index is 762. The number of hydrogen-bond acceptors (Lipinski definition) is 5. The highest BCUT2D eigenvalue weighted by atomic mass is 16.7. The normalized spacial score (nSPS) is 16.1. The predicted molar refractivity (Wildman–Crippen MR) is 121 cm³/mol. The van der Waals surface area contributed by atoms with E-state index in [1.54, 1.807) is 20.8 Å². The predicted octanol–water partition coefficient (Wildman–Crippen LogP) is 5.75. The first-order valence-electron chi connectivity index (χ1n) is 11.3. The molecular weight excluding hydrogens is 394 g/mol. The Morgan fingerprint density at radius 3 is 2.19 bits per heavy atom. The van der Waals surface area contributed by atoms with E-state index in [0.29, 0.717) is 11.8 Å². The summed E-state index contributed by atoms with van der Waals surface area (Å²) in [7, 11) is 0. The number of esters is 1. The van der Waals surface area contributed by atoms with Gasteiger partial charge < -0.3 is 19.5 Å². The van der Waals surface area contributed by atoms with Gasteiger partial charge in [0.2, 0.25) is 6.79 Å². The van der Waals surface area contributed by atoms with Gasteiger partial charge in [0.1, 0.15) is 17.4 Å². The second-order valence-corrected chi connectivity index (χ2v) is 10.1. The zero-order valence-electron chi connectivity index (χ0n) is 20.3. The monoisotopic (exact) mass is 433 g/mol. The third-order valence-electron chi connectivity index (χ3n) is 5.51. The van der Waals surface area contributed by atoms with E-state index in [1.165, 1.54) is 12.8 Å². The molecule has 1 fully saturated rings. The maximum absolute atomic E-state index is 12.7. The van der Waals surface area contributed by atoms with Gasteiger partial charge in [-0.1, -0.05) is 52.8 Å². The fraction of sp³-hybridized carbons (Fsp3) is 0.680. The second kappa shape index (κ2) is 10.4. The maximum atomic E-state index is 12.7. The van der Waals surface area contributed by atoms with Crippen LogP contribution >= 0.6 is 0 Å². The number of hydrogen-bond donors (Lipinski definition) is 1. The van der Waals surface area contributed by atoms with Crippen molar-refractivity contribution >= 4 is 12.1 Å². The van der Waals surface area contributed by atoms with E-state index in [4.69, 9.17) is 14.2 Å². The van der Waals surface area contributed by atoms with E-state index < -0.39 is 23.7 Å². The zero-order valence-corrected chi connectivity index (χ0v) is 20.3. The highest BCUT2D eigenvalue weighted by Crippen LogP contribution is 2.46. The molecule has 31 heavy (non-hydrogen) atoms. The number of carbonyl (C=O) groups is 2. The number of alkyl carbamates (subject to hydrolysis) is 1. The van der Waals surface area contributed by atoms with Gasteiger partial charge in [-0.2, -0.15) is 0 Å². The van der Waals surface area contributed by atoms with Gasteiger partial charge in [-0.25, -0.2) is 9.59 Å². The van der Waals surface area contributed by atoms with E-state index in [0.717, 1.165) is 16.9 Å². The van der Waals surface area contributed by atoms with Gasteiger partial charge in [0.05, 0.1) is 0 Å². The Morgan fingerprint density at radius 1 is 1.06 bits per heavy atom. The molecule has 0 aliphatic heterocycles. The molecular formula is C25H39NO5. The summed E-state index contributed by atoms with van der Waals surface area (Å²) in [4.78, 5) is 24.8. The molecule has 0 heterocycles. The van der Waals surface area contributed by atoms with Crippen LogP contribution in [0.5, 0.6) is 5.75 Å². The average Bonchev–Trinajstić information content (AvgIpc) is 3.48. The van der Waals surface area contributed by atoms with Crippen molar-refractivity contribution < 1.29 is 23.8 Å². The lowest BCUT2D eigenvalue weighted by molar-refractivity contribution is -0.154. The molecule has 0 spiro atoms. The zero-order chi connectivity index (χ0) is 23.3. The van der Waals surface area contributed by atoms with Crippen molar-refractivity contribution in [3.63, 3.8) is 0 Å². The molecule has 2 rings (SSSR count). The lowest BCUT2D eigenvalue weighted by Gasteiger charge is -2.25. The largest absolute Gasteiger partial charge is 0.457 e. The lowest BCUT2D eigenvalue weighted by Crippen LogP contribution is -2.47. The Hall–Kier alpha value is -2.24. The van der Waals surface area contributed by atoms with E-state index >= 15 is 0 Å². The maximum Gasteiger partial charge on any atom is 0.408 e. The van der Waals surface area contributed by atoms with Crippen LogP contribution in [0, 0.1) is 11.8 Å². The number of rotatable bonds is 9. The number of para-hydroxylation sites is 1. The summed E-state index contributed by atoms with van der Waals surface area (Å²) >= 11 is 0. The number of nitrogens with one attached hydrogen (secondary N) is 1. The molecule has 0 bridgehead atoms. The van der Waals surface area contributed by atoms with Crippen LogP contribution in [0.3, 0.4) is 0 Å². The summed E-state index contributed by atoms with van der Waals surface area (Å²) in [6.45, 7) is 15.3. The van der Waals surface area contributed by atoms with Crippen molar-refractivity contribution in [1.29, 1.82) is 0 Å². The topological polar surface area (TPSA) is 73.9 Å². The molecule has 6 nitrogen and oxygen atoms in total. The van der Waals surface area contributed by atoms with Crippen molar-refractivity contribution in [3.8, 4) is 5.75 Å². The van der Waals surface area contributed by atoms with Crippen LogP contribution < -0.4 is 10.1 Å². The van der Waals surface area contributed by atoms with Gasteiger partial charge >= 0.3 is 12.1 Å². The van der Waals surface area contributed by atoms with Crippen molar-refractivity contribution in [3.05, 3.63) is 29.3 Å². The standard InChI is InChI=1S/C25H39NO5/c1-15(2)19-10-9-11-20(17(5)18-12-13-18)22(19)29-14-30-23(27)21(16(3)4)26-24(28)31-25(6,7)8/h9-11,15-18,21H,12-14H2,1-8H3,(H,26,28)/t17-,21+/m1/s1. The van der Waals surface area contributed by atoms with Gasteiger partial charge in [0.25, 0.3) is 0 Å². The van der Waals surface area contributed by atoms with Crippen LogP contribution in [0.25, 0.3) is 0 Å². The molecule has 1 saturated carbocycles. The van der Waals surface area contributed by atoms with Crippen molar-refractivity contribution in [2.45, 2.75) is 91.7 Å². The van der Waals surface area contributed by atoms with Crippen LogP contribution in [0.4, 0.5) is 4.79 Å². The van der Waals surface area contributed by atoms with Crippen LogP contribution in [0.2, 0.25) is 0 Å². The molecule has 0 radical (unpaired) electrons. The molecule has 0 aromatic heterocycles. The molecule has 0 unspecified atom stereocenters. The van der Waals surface area contributed by atoms with Crippen LogP contribution in [-0.4, -0.2) is 30.5 Å². The number of ether oxygens (including phenoxy) is 3. The minimum atomic E-state index is -0.816. The fourth-order valence-electron chi connectivity index (χ4n) is 3.57. The molecule has 1 aromatic rings. The van der Waals surface area contributed by atoms with E-state index in [9.17, 15) is 9.59 Å².